The lowest BCUT2D eigenvalue weighted by Crippen LogP contribution is -2.48. The van der Waals surface area contributed by atoms with Crippen molar-refractivity contribution in [2.75, 3.05) is 31.5 Å². The van der Waals surface area contributed by atoms with Crippen LogP contribution in [0.2, 0.25) is 0 Å². The van der Waals surface area contributed by atoms with E-state index >= 15 is 0 Å². The maximum atomic E-state index is 12.7. The first-order valence-electron chi connectivity index (χ1n) is 9.06. The molecular formula is C20H25N5O2. The molecule has 142 valence electrons. The Balaban J connectivity index is 1.68. The second kappa shape index (κ2) is 7.73. The van der Waals surface area contributed by atoms with Gasteiger partial charge in [-0.25, -0.2) is 9.97 Å². The number of amides is 2. The van der Waals surface area contributed by atoms with Crippen LogP contribution in [-0.2, 0) is 10.2 Å². The Kier molecular flexibility index (Phi) is 5.39. The maximum absolute atomic E-state index is 12.7. The van der Waals surface area contributed by atoms with Gasteiger partial charge in [-0.2, -0.15) is 0 Å². The Morgan fingerprint density at radius 2 is 1.74 bits per heavy atom. The number of hydrogen-bond acceptors (Lipinski definition) is 5. The SMILES string of the molecule is CC(C)(C)c1ccc(Nc2nccc(C(=O)N3CCN(C=O)CC3)n2)cc1. The van der Waals surface area contributed by atoms with Crippen LogP contribution in [0.15, 0.2) is 36.5 Å². The summed E-state index contributed by atoms with van der Waals surface area (Å²) in [5.74, 6) is 0.241. The minimum absolute atomic E-state index is 0.0925. The van der Waals surface area contributed by atoms with Crippen molar-refractivity contribution in [3.8, 4) is 0 Å². The summed E-state index contributed by atoms with van der Waals surface area (Å²) in [7, 11) is 0. The predicted molar refractivity (Wildman–Crippen MR) is 104 cm³/mol. The van der Waals surface area contributed by atoms with E-state index in [1.807, 2.05) is 12.1 Å². The van der Waals surface area contributed by atoms with Gasteiger partial charge in [-0.3, -0.25) is 9.59 Å². The lowest BCUT2D eigenvalue weighted by molar-refractivity contribution is -0.119. The van der Waals surface area contributed by atoms with Crippen molar-refractivity contribution in [2.45, 2.75) is 26.2 Å². The summed E-state index contributed by atoms with van der Waals surface area (Å²) in [6.07, 6.45) is 2.40. The number of nitrogens with one attached hydrogen (secondary N) is 1. The average Bonchev–Trinajstić information content (AvgIpc) is 2.67. The third-order valence-electron chi connectivity index (χ3n) is 4.63. The third kappa shape index (κ3) is 4.61. The summed E-state index contributed by atoms with van der Waals surface area (Å²) in [5, 5.41) is 3.15. The molecule has 0 unspecified atom stereocenters. The molecule has 0 radical (unpaired) electrons. The van der Waals surface area contributed by atoms with E-state index in [4.69, 9.17) is 0 Å². The predicted octanol–water partition coefficient (Wildman–Crippen LogP) is 2.43. The molecule has 0 atom stereocenters. The topological polar surface area (TPSA) is 78.4 Å². The van der Waals surface area contributed by atoms with Crippen LogP contribution in [0.4, 0.5) is 11.6 Å². The third-order valence-corrected chi connectivity index (χ3v) is 4.63. The van der Waals surface area contributed by atoms with Gasteiger partial charge >= 0.3 is 0 Å². The largest absolute Gasteiger partial charge is 0.342 e. The van der Waals surface area contributed by atoms with E-state index in [0.717, 1.165) is 12.1 Å². The number of rotatable bonds is 4. The monoisotopic (exact) mass is 367 g/mol. The first kappa shape index (κ1) is 18.8. The van der Waals surface area contributed by atoms with Gasteiger partial charge in [-0.05, 0) is 29.2 Å². The highest BCUT2D eigenvalue weighted by Crippen LogP contribution is 2.24. The Labute approximate surface area is 159 Å². The van der Waals surface area contributed by atoms with Gasteiger partial charge in [0, 0.05) is 38.1 Å². The van der Waals surface area contributed by atoms with Crippen molar-refractivity contribution >= 4 is 24.0 Å². The Hall–Kier alpha value is -2.96. The summed E-state index contributed by atoms with van der Waals surface area (Å²) in [6.45, 7) is 8.63. The molecule has 1 aromatic heterocycles. The van der Waals surface area contributed by atoms with Gasteiger partial charge in [0.25, 0.3) is 5.91 Å². The van der Waals surface area contributed by atoms with Crippen LogP contribution in [0, 0.1) is 0 Å². The van der Waals surface area contributed by atoms with Crippen molar-refractivity contribution in [3.63, 3.8) is 0 Å². The highest BCUT2D eigenvalue weighted by Gasteiger charge is 2.22. The number of aromatic nitrogens is 2. The van der Waals surface area contributed by atoms with Crippen molar-refractivity contribution in [3.05, 3.63) is 47.8 Å². The normalized spacial score (nSPS) is 14.8. The van der Waals surface area contributed by atoms with E-state index in [1.165, 1.54) is 5.56 Å². The molecule has 27 heavy (non-hydrogen) atoms. The van der Waals surface area contributed by atoms with Gasteiger partial charge in [-0.1, -0.05) is 32.9 Å². The van der Waals surface area contributed by atoms with Crippen LogP contribution in [0.5, 0.6) is 0 Å². The summed E-state index contributed by atoms with van der Waals surface area (Å²) in [4.78, 5) is 35.4. The minimum Gasteiger partial charge on any atom is -0.342 e. The second-order valence-corrected chi connectivity index (χ2v) is 7.65. The van der Waals surface area contributed by atoms with E-state index in [1.54, 1.807) is 22.1 Å². The van der Waals surface area contributed by atoms with E-state index in [-0.39, 0.29) is 11.3 Å². The Morgan fingerprint density at radius 1 is 1.07 bits per heavy atom. The van der Waals surface area contributed by atoms with E-state index in [2.05, 4.69) is 48.2 Å². The standard InChI is InChI=1S/C20H25N5O2/c1-20(2,3)15-4-6-16(7-5-15)22-19-21-9-8-17(23-19)18(27)25-12-10-24(14-26)11-13-25/h4-9,14H,10-13H2,1-3H3,(H,21,22,23). The Bertz CT molecular complexity index is 806. The summed E-state index contributed by atoms with van der Waals surface area (Å²) in [6, 6.07) is 9.73. The van der Waals surface area contributed by atoms with Gasteiger partial charge in [0.1, 0.15) is 5.69 Å². The lowest BCUT2D eigenvalue weighted by atomic mass is 9.87. The van der Waals surface area contributed by atoms with Crippen LogP contribution in [0.25, 0.3) is 0 Å². The molecule has 2 heterocycles. The molecular weight excluding hydrogens is 342 g/mol. The number of hydrogen-bond donors (Lipinski definition) is 1. The lowest BCUT2D eigenvalue weighted by Gasteiger charge is -2.32. The van der Waals surface area contributed by atoms with E-state index in [9.17, 15) is 9.59 Å². The molecule has 0 saturated carbocycles. The Morgan fingerprint density at radius 3 is 2.33 bits per heavy atom. The van der Waals surface area contributed by atoms with Gasteiger partial charge in [0.05, 0.1) is 0 Å². The minimum atomic E-state index is -0.144. The maximum Gasteiger partial charge on any atom is 0.272 e. The fourth-order valence-corrected chi connectivity index (χ4v) is 2.91. The summed E-state index contributed by atoms with van der Waals surface area (Å²) >= 11 is 0. The van der Waals surface area contributed by atoms with Gasteiger partial charge in [0.15, 0.2) is 0 Å². The fourth-order valence-electron chi connectivity index (χ4n) is 2.91. The van der Waals surface area contributed by atoms with E-state index < -0.39 is 0 Å². The molecule has 1 aromatic carbocycles. The zero-order valence-corrected chi connectivity index (χ0v) is 16.0. The molecule has 2 amide bonds. The fraction of sp³-hybridized carbons (Fsp3) is 0.400. The van der Waals surface area contributed by atoms with Crippen LogP contribution >= 0.6 is 0 Å². The molecule has 1 aliphatic heterocycles. The van der Waals surface area contributed by atoms with Crippen LogP contribution in [0.1, 0.15) is 36.8 Å². The summed E-state index contributed by atoms with van der Waals surface area (Å²) < 4.78 is 0. The molecule has 1 fully saturated rings. The smallest absolute Gasteiger partial charge is 0.272 e. The van der Waals surface area contributed by atoms with Crippen molar-refractivity contribution in [2.24, 2.45) is 0 Å². The molecule has 3 rings (SSSR count). The molecule has 1 N–H and O–H groups in total. The van der Waals surface area contributed by atoms with Crippen LogP contribution in [0.3, 0.4) is 0 Å². The average molecular weight is 367 g/mol. The zero-order valence-electron chi connectivity index (χ0n) is 16.0. The van der Waals surface area contributed by atoms with Gasteiger partial charge in [-0.15, -0.1) is 0 Å². The molecule has 0 spiro atoms. The number of carbonyl (C=O) groups is 2. The highest BCUT2D eigenvalue weighted by molar-refractivity contribution is 5.92. The van der Waals surface area contributed by atoms with Crippen LogP contribution < -0.4 is 5.32 Å². The zero-order chi connectivity index (χ0) is 19.4. The molecule has 7 nitrogen and oxygen atoms in total. The van der Waals surface area contributed by atoms with Gasteiger partial charge < -0.3 is 15.1 Å². The first-order valence-corrected chi connectivity index (χ1v) is 9.06. The molecule has 1 aliphatic rings. The number of nitrogens with zero attached hydrogens (tertiary/aromatic N) is 4. The summed E-state index contributed by atoms with van der Waals surface area (Å²) in [5.41, 5.74) is 2.55. The van der Waals surface area contributed by atoms with Gasteiger partial charge in [0.2, 0.25) is 12.4 Å². The van der Waals surface area contributed by atoms with E-state index in [0.29, 0.717) is 37.8 Å². The molecule has 0 aliphatic carbocycles. The molecule has 1 saturated heterocycles. The number of piperazine rings is 1. The van der Waals surface area contributed by atoms with Crippen molar-refractivity contribution < 1.29 is 9.59 Å². The molecule has 7 heteroatoms. The number of benzene rings is 1. The molecule has 2 aromatic rings. The molecule has 0 bridgehead atoms. The first-order chi connectivity index (χ1) is 12.9. The number of anilines is 2. The quantitative estimate of drug-likeness (QED) is 0.840. The number of carbonyl (C=O) groups excluding carboxylic acids is 2. The second-order valence-electron chi connectivity index (χ2n) is 7.65. The van der Waals surface area contributed by atoms with Crippen LogP contribution in [-0.4, -0.2) is 58.3 Å². The highest BCUT2D eigenvalue weighted by atomic mass is 16.2. The van der Waals surface area contributed by atoms with Crippen molar-refractivity contribution in [1.82, 2.24) is 19.8 Å². The van der Waals surface area contributed by atoms with Crippen molar-refractivity contribution in [1.29, 1.82) is 0 Å².